The van der Waals surface area contributed by atoms with E-state index in [1.54, 1.807) is 6.92 Å². The van der Waals surface area contributed by atoms with Crippen LogP contribution in [0.15, 0.2) is 18.3 Å². The number of nitrogens with two attached hydrogens (primary N) is 2. The minimum Gasteiger partial charge on any atom is -0.383 e. The van der Waals surface area contributed by atoms with Crippen molar-refractivity contribution in [2.75, 3.05) is 5.73 Å². The fourth-order valence-electron chi connectivity index (χ4n) is 1.60. The normalized spacial score (nSPS) is 10.6. The van der Waals surface area contributed by atoms with Gasteiger partial charge in [0.05, 0.1) is 11.9 Å². The molecule has 18 heavy (non-hydrogen) atoms. The standard InChI is InChI=1S/C11H10F2N4O/c1-5-2-7(12)8(13)3-9(5)17-10(14)6(4-16-17)11(15)18/h2-4H,14H2,1H3,(H2,15,18). The highest BCUT2D eigenvalue weighted by atomic mass is 19.2. The number of hydrogen-bond acceptors (Lipinski definition) is 3. The summed E-state index contributed by atoms with van der Waals surface area (Å²) in [5, 5.41) is 3.84. The molecule has 4 N–H and O–H groups in total. The van der Waals surface area contributed by atoms with Gasteiger partial charge in [-0.1, -0.05) is 0 Å². The minimum absolute atomic E-state index is 0.0170. The molecule has 1 amide bonds. The Kier molecular flexibility index (Phi) is 2.74. The number of hydrogen-bond donors (Lipinski definition) is 2. The maximum atomic E-state index is 13.2. The second-order valence-electron chi connectivity index (χ2n) is 3.77. The second kappa shape index (κ2) is 4.10. The molecule has 0 radical (unpaired) electrons. The maximum Gasteiger partial charge on any atom is 0.254 e. The zero-order valence-electron chi connectivity index (χ0n) is 9.45. The van der Waals surface area contributed by atoms with Gasteiger partial charge in [0.1, 0.15) is 11.4 Å². The molecule has 0 spiro atoms. The fourth-order valence-corrected chi connectivity index (χ4v) is 1.60. The Balaban J connectivity index is 2.63. The first-order valence-electron chi connectivity index (χ1n) is 5.01. The van der Waals surface area contributed by atoms with Crippen molar-refractivity contribution in [3.63, 3.8) is 0 Å². The van der Waals surface area contributed by atoms with Crippen molar-refractivity contribution in [3.8, 4) is 5.69 Å². The highest BCUT2D eigenvalue weighted by molar-refractivity contribution is 5.97. The van der Waals surface area contributed by atoms with Crippen molar-refractivity contribution in [2.24, 2.45) is 5.73 Å². The van der Waals surface area contributed by atoms with E-state index >= 15 is 0 Å². The third-order valence-corrected chi connectivity index (χ3v) is 2.54. The van der Waals surface area contributed by atoms with Gasteiger partial charge in [0.25, 0.3) is 5.91 Å². The van der Waals surface area contributed by atoms with Crippen molar-refractivity contribution in [2.45, 2.75) is 6.92 Å². The molecule has 1 aromatic heterocycles. The Bertz CT molecular complexity index is 636. The molecule has 0 atom stereocenters. The fraction of sp³-hybridized carbons (Fsp3) is 0.0909. The lowest BCUT2D eigenvalue weighted by molar-refractivity contribution is 0.100. The summed E-state index contributed by atoms with van der Waals surface area (Å²) in [6, 6.07) is 1.98. The number of amides is 1. The number of carbonyl (C=O) groups excluding carboxylic acids is 1. The van der Waals surface area contributed by atoms with Gasteiger partial charge in [0, 0.05) is 6.07 Å². The van der Waals surface area contributed by atoms with Gasteiger partial charge in [-0.2, -0.15) is 5.10 Å². The Hall–Kier alpha value is -2.44. The number of nitrogen functional groups attached to an aromatic ring is 1. The second-order valence-corrected chi connectivity index (χ2v) is 3.77. The van der Waals surface area contributed by atoms with E-state index in [1.807, 2.05) is 0 Å². The zero-order valence-corrected chi connectivity index (χ0v) is 9.45. The third-order valence-electron chi connectivity index (χ3n) is 2.54. The van der Waals surface area contributed by atoms with Gasteiger partial charge >= 0.3 is 0 Å². The summed E-state index contributed by atoms with van der Waals surface area (Å²) in [7, 11) is 0. The number of aryl methyl sites for hydroxylation is 1. The topological polar surface area (TPSA) is 86.9 Å². The summed E-state index contributed by atoms with van der Waals surface area (Å²) in [4.78, 5) is 11.0. The zero-order chi connectivity index (χ0) is 13.4. The summed E-state index contributed by atoms with van der Waals surface area (Å²) < 4.78 is 27.3. The number of benzene rings is 1. The van der Waals surface area contributed by atoms with Crippen molar-refractivity contribution >= 4 is 11.7 Å². The summed E-state index contributed by atoms with van der Waals surface area (Å²) >= 11 is 0. The lowest BCUT2D eigenvalue weighted by Crippen LogP contribution is -2.13. The van der Waals surface area contributed by atoms with Gasteiger partial charge in [-0.05, 0) is 18.6 Å². The molecule has 0 aliphatic carbocycles. The molecule has 0 aliphatic heterocycles. The largest absolute Gasteiger partial charge is 0.383 e. The van der Waals surface area contributed by atoms with Crippen LogP contribution in [0.5, 0.6) is 0 Å². The summed E-state index contributed by atoms with van der Waals surface area (Å²) in [5.74, 6) is -2.74. The Labute approximate surface area is 101 Å². The third kappa shape index (κ3) is 1.79. The van der Waals surface area contributed by atoms with Gasteiger partial charge in [-0.15, -0.1) is 0 Å². The molecular weight excluding hydrogens is 242 g/mol. The molecule has 0 saturated heterocycles. The van der Waals surface area contributed by atoms with Gasteiger partial charge in [-0.25, -0.2) is 13.5 Å². The molecule has 1 aromatic carbocycles. The van der Waals surface area contributed by atoms with Crippen molar-refractivity contribution < 1.29 is 13.6 Å². The van der Waals surface area contributed by atoms with Crippen LogP contribution in [-0.2, 0) is 0 Å². The van der Waals surface area contributed by atoms with Crippen LogP contribution in [-0.4, -0.2) is 15.7 Å². The van der Waals surface area contributed by atoms with Crippen LogP contribution in [0.25, 0.3) is 5.69 Å². The van der Waals surface area contributed by atoms with E-state index in [2.05, 4.69) is 5.10 Å². The van der Waals surface area contributed by atoms with E-state index in [0.29, 0.717) is 5.56 Å². The average Bonchev–Trinajstić information content (AvgIpc) is 2.66. The van der Waals surface area contributed by atoms with E-state index in [4.69, 9.17) is 11.5 Å². The van der Waals surface area contributed by atoms with Crippen LogP contribution < -0.4 is 11.5 Å². The molecular formula is C11H10F2N4O. The molecule has 0 saturated carbocycles. The van der Waals surface area contributed by atoms with E-state index in [0.717, 1.165) is 16.8 Å². The quantitative estimate of drug-likeness (QED) is 0.840. The van der Waals surface area contributed by atoms with E-state index in [1.165, 1.54) is 6.20 Å². The van der Waals surface area contributed by atoms with Gasteiger partial charge in [0.15, 0.2) is 11.6 Å². The molecule has 0 fully saturated rings. The van der Waals surface area contributed by atoms with Crippen LogP contribution in [0.4, 0.5) is 14.6 Å². The lowest BCUT2D eigenvalue weighted by Gasteiger charge is -2.08. The number of rotatable bonds is 2. The minimum atomic E-state index is -1.02. The predicted octanol–water partition coefficient (Wildman–Crippen LogP) is 1.14. The first kappa shape index (κ1) is 12.0. The molecule has 0 unspecified atom stereocenters. The van der Waals surface area contributed by atoms with Crippen molar-refractivity contribution in [3.05, 3.63) is 41.1 Å². The van der Waals surface area contributed by atoms with Crippen molar-refractivity contribution in [1.29, 1.82) is 0 Å². The SMILES string of the molecule is Cc1cc(F)c(F)cc1-n1ncc(C(N)=O)c1N. The number of halogens is 2. The Morgan fingerprint density at radius 3 is 2.50 bits per heavy atom. The molecule has 1 heterocycles. The van der Waals surface area contributed by atoms with Crippen molar-refractivity contribution in [1.82, 2.24) is 9.78 Å². The number of primary amides is 1. The maximum absolute atomic E-state index is 13.2. The highest BCUT2D eigenvalue weighted by Gasteiger charge is 2.16. The lowest BCUT2D eigenvalue weighted by atomic mass is 10.2. The highest BCUT2D eigenvalue weighted by Crippen LogP contribution is 2.22. The van der Waals surface area contributed by atoms with Gasteiger partial charge in [0.2, 0.25) is 0 Å². The Morgan fingerprint density at radius 1 is 1.33 bits per heavy atom. The van der Waals surface area contributed by atoms with E-state index in [-0.39, 0.29) is 17.1 Å². The van der Waals surface area contributed by atoms with Crippen LogP contribution in [0.1, 0.15) is 15.9 Å². The van der Waals surface area contributed by atoms with E-state index < -0.39 is 17.5 Å². The first-order valence-corrected chi connectivity index (χ1v) is 5.01. The number of anilines is 1. The first-order chi connectivity index (χ1) is 8.41. The molecule has 94 valence electrons. The Morgan fingerprint density at radius 2 is 1.94 bits per heavy atom. The molecule has 0 aliphatic rings. The van der Waals surface area contributed by atoms with Crippen LogP contribution in [0, 0.1) is 18.6 Å². The molecule has 2 aromatic rings. The number of nitrogens with zero attached hydrogens (tertiary/aromatic N) is 2. The molecule has 7 heteroatoms. The number of carbonyl (C=O) groups is 1. The monoisotopic (exact) mass is 252 g/mol. The smallest absolute Gasteiger partial charge is 0.254 e. The van der Waals surface area contributed by atoms with Crippen LogP contribution in [0.3, 0.4) is 0 Å². The van der Waals surface area contributed by atoms with Gasteiger partial charge in [-0.3, -0.25) is 4.79 Å². The predicted molar refractivity (Wildman–Crippen MR) is 61.1 cm³/mol. The number of aromatic nitrogens is 2. The molecule has 0 bridgehead atoms. The van der Waals surface area contributed by atoms with Crippen LogP contribution >= 0.6 is 0 Å². The average molecular weight is 252 g/mol. The summed E-state index contributed by atoms with van der Waals surface area (Å²) in [6.07, 6.45) is 1.18. The van der Waals surface area contributed by atoms with Crippen LogP contribution in [0.2, 0.25) is 0 Å². The molecule has 5 nitrogen and oxygen atoms in total. The summed E-state index contributed by atoms with van der Waals surface area (Å²) in [5.41, 5.74) is 11.5. The van der Waals surface area contributed by atoms with E-state index in [9.17, 15) is 13.6 Å². The van der Waals surface area contributed by atoms with Gasteiger partial charge < -0.3 is 11.5 Å². The summed E-state index contributed by atoms with van der Waals surface area (Å²) in [6.45, 7) is 1.57. The molecule has 2 rings (SSSR count).